The topological polar surface area (TPSA) is 83.9 Å². The second kappa shape index (κ2) is 7.70. The van der Waals surface area contributed by atoms with Crippen LogP contribution in [0.15, 0.2) is 65.4 Å². The molecule has 0 saturated carbocycles. The molecule has 6 nitrogen and oxygen atoms in total. The monoisotopic (exact) mass is 397 g/mol. The number of nitrogens with zero attached hydrogens (tertiary/aromatic N) is 1. The van der Waals surface area contributed by atoms with Crippen molar-refractivity contribution in [3.05, 3.63) is 81.5 Å². The Morgan fingerprint density at radius 1 is 1.14 bits per heavy atom. The van der Waals surface area contributed by atoms with Crippen molar-refractivity contribution in [2.45, 2.75) is 6.92 Å². The first kappa shape index (κ1) is 19.4. The van der Waals surface area contributed by atoms with Gasteiger partial charge in [-0.25, -0.2) is 9.59 Å². The number of anilines is 1. The molecule has 1 aliphatic rings. The van der Waals surface area contributed by atoms with Crippen molar-refractivity contribution in [2.24, 2.45) is 0 Å². The average Bonchev–Trinajstić information content (AvgIpc) is 2.91. The Morgan fingerprint density at radius 3 is 2.39 bits per heavy atom. The lowest BCUT2D eigenvalue weighted by Gasteiger charge is -2.18. The molecule has 0 unspecified atom stereocenters. The third-order valence-electron chi connectivity index (χ3n) is 4.32. The highest BCUT2D eigenvalue weighted by molar-refractivity contribution is 6.31. The molecule has 3 rings (SSSR count). The number of methoxy groups -OCH3 is 1. The van der Waals surface area contributed by atoms with Gasteiger partial charge in [0.25, 0.3) is 5.91 Å². The maximum Gasteiger partial charge on any atom is 0.340 e. The predicted molar refractivity (Wildman–Crippen MR) is 105 cm³/mol. The number of carbonyl (C=O) groups is 3. The summed E-state index contributed by atoms with van der Waals surface area (Å²) < 4.78 is 4.86. The molecule has 1 aliphatic heterocycles. The number of halogens is 1. The Hall–Kier alpha value is -3.38. The van der Waals surface area contributed by atoms with E-state index in [2.05, 4.69) is 0 Å². The minimum Gasteiger partial charge on any atom is -0.478 e. The molecule has 0 aromatic heterocycles. The lowest BCUT2D eigenvalue weighted by molar-refractivity contribution is -0.136. The van der Waals surface area contributed by atoms with Gasteiger partial charge >= 0.3 is 11.9 Å². The number of benzene rings is 2. The van der Waals surface area contributed by atoms with Gasteiger partial charge in [-0.2, -0.15) is 0 Å². The zero-order valence-corrected chi connectivity index (χ0v) is 15.9. The van der Waals surface area contributed by atoms with Crippen LogP contribution in [0.5, 0.6) is 0 Å². The fourth-order valence-electron chi connectivity index (χ4n) is 2.99. The summed E-state index contributed by atoms with van der Waals surface area (Å²) in [4.78, 5) is 37.9. The van der Waals surface area contributed by atoms with Crippen LogP contribution >= 0.6 is 11.6 Å². The van der Waals surface area contributed by atoms with Gasteiger partial charge in [-0.15, -0.1) is 0 Å². The van der Waals surface area contributed by atoms with Gasteiger partial charge in [0.1, 0.15) is 0 Å². The summed E-state index contributed by atoms with van der Waals surface area (Å²) in [5.74, 6) is -2.08. The molecule has 2 aromatic rings. The fraction of sp³-hybridized carbons (Fsp3) is 0.0952. The van der Waals surface area contributed by atoms with Crippen LogP contribution in [0.4, 0.5) is 5.69 Å². The lowest BCUT2D eigenvalue weighted by atomic mass is 10.0. The van der Waals surface area contributed by atoms with Crippen molar-refractivity contribution < 1.29 is 24.2 Å². The van der Waals surface area contributed by atoms with Gasteiger partial charge in [-0.3, -0.25) is 9.69 Å². The maximum atomic E-state index is 13.1. The van der Waals surface area contributed by atoms with E-state index in [4.69, 9.17) is 21.4 Å². The van der Waals surface area contributed by atoms with E-state index in [0.717, 1.165) is 0 Å². The molecule has 2 aromatic carbocycles. The maximum absolute atomic E-state index is 13.1. The molecule has 0 spiro atoms. The van der Waals surface area contributed by atoms with Crippen LogP contribution < -0.4 is 4.90 Å². The number of esters is 1. The van der Waals surface area contributed by atoms with Crippen molar-refractivity contribution >= 4 is 41.2 Å². The van der Waals surface area contributed by atoms with E-state index in [1.807, 2.05) is 0 Å². The van der Waals surface area contributed by atoms with Crippen molar-refractivity contribution in [3.8, 4) is 0 Å². The molecule has 1 heterocycles. The first-order chi connectivity index (χ1) is 13.3. The first-order valence-corrected chi connectivity index (χ1v) is 8.66. The SMILES string of the molecule is COC(=O)C1=C(C)N(c2cccc(Cl)c2)C(=O)/C1=C/c1ccc(C(=O)O)cc1. The molecule has 0 saturated heterocycles. The van der Waals surface area contributed by atoms with Crippen LogP contribution in [0.3, 0.4) is 0 Å². The van der Waals surface area contributed by atoms with Crippen LogP contribution in [0.25, 0.3) is 6.08 Å². The number of carbonyl (C=O) groups excluding carboxylic acids is 2. The van der Waals surface area contributed by atoms with E-state index in [9.17, 15) is 14.4 Å². The van der Waals surface area contributed by atoms with E-state index in [1.54, 1.807) is 43.3 Å². The Bertz CT molecular complexity index is 1040. The Labute approximate surface area is 166 Å². The molecule has 1 N–H and O–H groups in total. The highest BCUT2D eigenvalue weighted by Gasteiger charge is 2.37. The van der Waals surface area contributed by atoms with Crippen molar-refractivity contribution in [1.82, 2.24) is 0 Å². The zero-order chi connectivity index (χ0) is 20.4. The van der Waals surface area contributed by atoms with Crippen LogP contribution in [-0.4, -0.2) is 30.1 Å². The number of allylic oxidation sites excluding steroid dienone is 1. The standard InChI is InChI=1S/C21H16ClNO5/c1-12-18(21(27)28-2)17(10-13-6-8-14(9-7-13)20(25)26)19(24)23(12)16-5-3-4-15(22)11-16/h3-11H,1-2H3,(H,25,26)/b17-10+. The molecule has 0 radical (unpaired) electrons. The second-order valence-corrected chi connectivity index (χ2v) is 6.49. The Kier molecular flexibility index (Phi) is 5.33. The van der Waals surface area contributed by atoms with Crippen LogP contribution in [0, 0.1) is 0 Å². The van der Waals surface area contributed by atoms with Crippen LogP contribution in [-0.2, 0) is 14.3 Å². The minimum absolute atomic E-state index is 0.125. The van der Waals surface area contributed by atoms with E-state index >= 15 is 0 Å². The van der Waals surface area contributed by atoms with Crippen molar-refractivity contribution in [2.75, 3.05) is 12.0 Å². The molecule has 28 heavy (non-hydrogen) atoms. The molecule has 0 aliphatic carbocycles. The highest BCUT2D eigenvalue weighted by Crippen LogP contribution is 2.36. The van der Waals surface area contributed by atoms with Crippen molar-refractivity contribution in [1.29, 1.82) is 0 Å². The summed E-state index contributed by atoms with van der Waals surface area (Å²) in [6.07, 6.45) is 1.54. The third-order valence-corrected chi connectivity index (χ3v) is 4.56. The Balaban J connectivity index is 2.10. The van der Waals surface area contributed by atoms with E-state index in [-0.39, 0.29) is 16.7 Å². The second-order valence-electron chi connectivity index (χ2n) is 6.06. The van der Waals surface area contributed by atoms with Gasteiger partial charge in [-0.05, 0) is 48.9 Å². The largest absolute Gasteiger partial charge is 0.478 e. The zero-order valence-electron chi connectivity index (χ0n) is 15.1. The molecule has 142 valence electrons. The average molecular weight is 398 g/mol. The smallest absolute Gasteiger partial charge is 0.340 e. The van der Waals surface area contributed by atoms with Gasteiger partial charge in [0.05, 0.1) is 29.5 Å². The van der Waals surface area contributed by atoms with Gasteiger partial charge < -0.3 is 9.84 Å². The van der Waals surface area contributed by atoms with Gasteiger partial charge in [0.2, 0.25) is 0 Å². The molecule has 0 atom stereocenters. The molecular formula is C21H16ClNO5. The summed E-state index contributed by atoms with van der Waals surface area (Å²) in [6, 6.07) is 12.7. The number of hydrogen-bond donors (Lipinski definition) is 1. The fourth-order valence-corrected chi connectivity index (χ4v) is 3.18. The number of carboxylic acids is 1. The van der Waals surface area contributed by atoms with Gasteiger partial charge in [-0.1, -0.05) is 29.8 Å². The van der Waals surface area contributed by atoms with Gasteiger partial charge in [0, 0.05) is 10.7 Å². The summed E-state index contributed by atoms with van der Waals surface area (Å²) in [7, 11) is 1.24. The van der Waals surface area contributed by atoms with E-state index in [0.29, 0.717) is 22.0 Å². The number of carboxylic acid groups (broad SMARTS) is 1. The quantitative estimate of drug-likeness (QED) is 0.624. The molecule has 0 bridgehead atoms. The highest BCUT2D eigenvalue weighted by atomic mass is 35.5. The lowest BCUT2D eigenvalue weighted by Crippen LogP contribution is -2.24. The number of rotatable bonds is 4. The number of aromatic carboxylic acids is 1. The summed E-state index contributed by atoms with van der Waals surface area (Å²) in [5, 5.41) is 9.47. The summed E-state index contributed by atoms with van der Waals surface area (Å²) in [6.45, 7) is 1.65. The predicted octanol–water partition coefficient (Wildman–Crippen LogP) is 3.92. The number of amides is 1. The summed E-state index contributed by atoms with van der Waals surface area (Å²) >= 11 is 6.04. The third kappa shape index (κ3) is 3.54. The normalized spacial score (nSPS) is 15.3. The van der Waals surface area contributed by atoms with E-state index < -0.39 is 17.8 Å². The van der Waals surface area contributed by atoms with Crippen LogP contribution in [0.1, 0.15) is 22.8 Å². The molecule has 0 fully saturated rings. The number of ether oxygens (including phenoxy) is 1. The van der Waals surface area contributed by atoms with E-state index in [1.165, 1.54) is 30.2 Å². The van der Waals surface area contributed by atoms with Crippen molar-refractivity contribution in [3.63, 3.8) is 0 Å². The number of hydrogen-bond acceptors (Lipinski definition) is 4. The molecule has 7 heteroatoms. The Morgan fingerprint density at radius 2 is 1.82 bits per heavy atom. The summed E-state index contributed by atoms with van der Waals surface area (Å²) in [5.41, 5.74) is 1.96. The minimum atomic E-state index is -1.05. The molecule has 1 amide bonds. The first-order valence-electron chi connectivity index (χ1n) is 8.28. The van der Waals surface area contributed by atoms with Gasteiger partial charge in [0.15, 0.2) is 0 Å². The molecular weight excluding hydrogens is 382 g/mol. The van der Waals surface area contributed by atoms with Crippen LogP contribution in [0.2, 0.25) is 5.02 Å².